The summed E-state index contributed by atoms with van der Waals surface area (Å²) in [4.78, 5) is 16.8. The number of aromatic nitrogens is 1. The Balaban J connectivity index is 2.16. The van der Waals surface area contributed by atoms with Crippen molar-refractivity contribution in [3.8, 4) is 0 Å². The molecule has 0 fully saturated rings. The molecule has 1 aromatic carbocycles. The molecule has 2 rings (SSSR count). The number of fused-ring (bicyclic) bond motifs is 1. The first kappa shape index (κ1) is 12.6. The highest BCUT2D eigenvalue weighted by molar-refractivity contribution is 5.88. The van der Waals surface area contributed by atoms with Crippen LogP contribution in [-0.2, 0) is 11.2 Å². The average molecular weight is 246 g/mol. The van der Waals surface area contributed by atoms with Crippen LogP contribution in [0.1, 0.15) is 12.5 Å². The molecule has 18 heavy (non-hydrogen) atoms. The van der Waals surface area contributed by atoms with Crippen LogP contribution in [0, 0.1) is 0 Å². The maximum Gasteiger partial charge on any atom is 0.227 e. The van der Waals surface area contributed by atoms with Crippen molar-refractivity contribution in [3.05, 3.63) is 36.0 Å². The molecule has 0 saturated heterocycles. The van der Waals surface area contributed by atoms with Gasteiger partial charge in [-0.3, -0.25) is 4.79 Å². The molecule has 0 saturated carbocycles. The average Bonchev–Trinajstić information content (AvgIpc) is 2.80. The van der Waals surface area contributed by atoms with Gasteiger partial charge in [-0.05, 0) is 18.6 Å². The molecule has 0 spiro atoms. The zero-order valence-electron chi connectivity index (χ0n) is 10.7. The zero-order valence-corrected chi connectivity index (χ0v) is 10.7. The Morgan fingerprint density at radius 2 is 2.17 bits per heavy atom. The van der Waals surface area contributed by atoms with Gasteiger partial charge >= 0.3 is 0 Å². The van der Waals surface area contributed by atoms with Gasteiger partial charge in [0, 0.05) is 24.1 Å². The van der Waals surface area contributed by atoms with Gasteiger partial charge in [0.25, 0.3) is 0 Å². The molecular weight excluding hydrogens is 228 g/mol. The van der Waals surface area contributed by atoms with Gasteiger partial charge in [0.15, 0.2) is 0 Å². The summed E-state index contributed by atoms with van der Waals surface area (Å²) in [6.45, 7) is 1.81. The number of para-hydroxylation sites is 1. The number of benzene rings is 1. The third-order valence-electron chi connectivity index (χ3n) is 3.34. The van der Waals surface area contributed by atoms with Crippen molar-refractivity contribution in [2.75, 3.05) is 13.7 Å². The van der Waals surface area contributed by atoms with Crippen LogP contribution in [0.15, 0.2) is 30.5 Å². The molecule has 1 amide bonds. The highest BCUT2D eigenvalue weighted by Crippen LogP contribution is 2.18. The lowest BCUT2D eigenvalue weighted by Crippen LogP contribution is -2.38. The molecule has 1 heterocycles. The third kappa shape index (κ3) is 2.38. The molecule has 4 heteroatoms. The van der Waals surface area contributed by atoms with Gasteiger partial charge in [-0.15, -0.1) is 0 Å². The molecule has 2 aromatic rings. The van der Waals surface area contributed by atoms with E-state index in [0.29, 0.717) is 6.42 Å². The van der Waals surface area contributed by atoms with Gasteiger partial charge in [0.2, 0.25) is 5.91 Å². The highest BCUT2D eigenvalue weighted by atomic mass is 16.3. The molecule has 1 unspecified atom stereocenters. The number of rotatable bonds is 4. The summed E-state index contributed by atoms with van der Waals surface area (Å²) in [6, 6.07) is 7.77. The van der Waals surface area contributed by atoms with Crippen LogP contribution in [0.5, 0.6) is 0 Å². The predicted octanol–water partition coefficient (Wildman–Crippen LogP) is 1.55. The molecule has 1 atom stereocenters. The second-order valence-corrected chi connectivity index (χ2v) is 4.57. The molecule has 0 aliphatic heterocycles. The van der Waals surface area contributed by atoms with Gasteiger partial charge < -0.3 is 15.0 Å². The minimum atomic E-state index is -0.150. The Labute approximate surface area is 106 Å². The summed E-state index contributed by atoms with van der Waals surface area (Å²) in [5.74, 6) is 0.0151. The fraction of sp³-hybridized carbons (Fsp3) is 0.357. The zero-order chi connectivity index (χ0) is 13.1. The van der Waals surface area contributed by atoms with E-state index in [2.05, 4.69) is 4.98 Å². The molecule has 0 bridgehead atoms. The van der Waals surface area contributed by atoms with E-state index in [1.807, 2.05) is 37.4 Å². The lowest BCUT2D eigenvalue weighted by molar-refractivity contribution is -0.131. The number of hydrogen-bond acceptors (Lipinski definition) is 2. The number of aliphatic hydroxyl groups excluding tert-OH is 1. The van der Waals surface area contributed by atoms with Crippen molar-refractivity contribution in [3.63, 3.8) is 0 Å². The second-order valence-electron chi connectivity index (χ2n) is 4.57. The molecular formula is C14H18N2O2. The maximum absolute atomic E-state index is 12.1. The van der Waals surface area contributed by atoms with Gasteiger partial charge in [0.1, 0.15) is 0 Å². The first-order chi connectivity index (χ1) is 8.63. The molecule has 96 valence electrons. The van der Waals surface area contributed by atoms with Crippen molar-refractivity contribution in [1.82, 2.24) is 9.88 Å². The highest BCUT2D eigenvalue weighted by Gasteiger charge is 2.16. The van der Waals surface area contributed by atoms with Gasteiger partial charge in [-0.2, -0.15) is 0 Å². The number of likely N-dealkylation sites (N-methyl/N-ethyl adjacent to an activating group) is 1. The summed E-state index contributed by atoms with van der Waals surface area (Å²) in [6.07, 6.45) is 2.23. The van der Waals surface area contributed by atoms with E-state index >= 15 is 0 Å². The maximum atomic E-state index is 12.1. The number of carbonyl (C=O) groups is 1. The molecule has 0 radical (unpaired) electrons. The number of aromatic amines is 1. The van der Waals surface area contributed by atoms with Crippen molar-refractivity contribution >= 4 is 16.8 Å². The first-order valence-electron chi connectivity index (χ1n) is 6.05. The Morgan fingerprint density at radius 3 is 2.89 bits per heavy atom. The van der Waals surface area contributed by atoms with E-state index in [4.69, 9.17) is 5.11 Å². The van der Waals surface area contributed by atoms with Crippen LogP contribution >= 0.6 is 0 Å². The number of nitrogens with zero attached hydrogens (tertiary/aromatic N) is 1. The van der Waals surface area contributed by atoms with Crippen molar-refractivity contribution in [2.24, 2.45) is 0 Å². The monoisotopic (exact) mass is 246 g/mol. The summed E-state index contributed by atoms with van der Waals surface area (Å²) < 4.78 is 0. The number of nitrogens with one attached hydrogen (secondary N) is 1. The van der Waals surface area contributed by atoms with Crippen LogP contribution in [0.25, 0.3) is 10.9 Å². The van der Waals surface area contributed by atoms with Crippen LogP contribution in [0.4, 0.5) is 0 Å². The lowest BCUT2D eigenvalue weighted by Gasteiger charge is -2.23. The van der Waals surface area contributed by atoms with Gasteiger partial charge in [0.05, 0.1) is 19.1 Å². The fourth-order valence-corrected chi connectivity index (χ4v) is 1.93. The normalized spacial score (nSPS) is 12.6. The van der Waals surface area contributed by atoms with E-state index in [-0.39, 0.29) is 18.6 Å². The fourth-order valence-electron chi connectivity index (χ4n) is 1.93. The van der Waals surface area contributed by atoms with E-state index in [9.17, 15) is 4.79 Å². The summed E-state index contributed by atoms with van der Waals surface area (Å²) in [7, 11) is 1.72. The molecule has 0 aliphatic carbocycles. The molecule has 0 aliphatic rings. The van der Waals surface area contributed by atoms with Gasteiger partial charge in [-0.25, -0.2) is 0 Å². The minimum Gasteiger partial charge on any atom is -0.394 e. The Bertz CT molecular complexity index is 547. The number of H-pyrrole nitrogens is 1. The number of amides is 1. The Morgan fingerprint density at radius 1 is 1.44 bits per heavy atom. The summed E-state index contributed by atoms with van der Waals surface area (Å²) in [5.41, 5.74) is 2.03. The van der Waals surface area contributed by atoms with Crippen LogP contribution in [-0.4, -0.2) is 40.6 Å². The second kappa shape index (κ2) is 5.23. The lowest BCUT2D eigenvalue weighted by atomic mass is 10.1. The number of hydrogen-bond donors (Lipinski definition) is 2. The molecule has 4 nitrogen and oxygen atoms in total. The van der Waals surface area contributed by atoms with Crippen LogP contribution in [0.2, 0.25) is 0 Å². The van der Waals surface area contributed by atoms with Crippen molar-refractivity contribution in [1.29, 1.82) is 0 Å². The summed E-state index contributed by atoms with van der Waals surface area (Å²) in [5, 5.41) is 10.1. The van der Waals surface area contributed by atoms with Crippen LogP contribution in [0.3, 0.4) is 0 Å². The van der Waals surface area contributed by atoms with Crippen molar-refractivity contribution < 1.29 is 9.90 Å². The Kier molecular flexibility index (Phi) is 3.67. The third-order valence-corrected chi connectivity index (χ3v) is 3.34. The number of carbonyl (C=O) groups excluding carboxylic acids is 1. The predicted molar refractivity (Wildman–Crippen MR) is 71.3 cm³/mol. The van der Waals surface area contributed by atoms with Gasteiger partial charge in [-0.1, -0.05) is 18.2 Å². The van der Waals surface area contributed by atoms with Crippen molar-refractivity contribution in [2.45, 2.75) is 19.4 Å². The van der Waals surface area contributed by atoms with E-state index in [1.54, 1.807) is 11.9 Å². The standard InChI is InChI=1S/C14H18N2O2/c1-10(9-17)16(2)14(18)7-11-8-15-13-6-4-3-5-12(11)13/h3-6,8,10,15,17H,7,9H2,1-2H3. The minimum absolute atomic E-state index is 0.0151. The largest absolute Gasteiger partial charge is 0.394 e. The quantitative estimate of drug-likeness (QED) is 0.860. The summed E-state index contributed by atoms with van der Waals surface area (Å²) >= 11 is 0. The topological polar surface area (TPSA) is 56.3 Å². The first-order valence-corrected chi connectivity index (χ1v) is 6.05. The van der Waals surface area contributed by atoms with E-state index < -0.39 is 0 Å². The number of aliphatic hydroxyl groups is 1. The Hall–Kier alpha value is -1.81. The van der Waals surface area contributed by atoms with Crippen LogP contribution < -0.4 is 0 Å². The smallest absolute Gasteiger partial charge is 0.227 e. The van der Waals surface area contributed by atoms with E-state index in [1.165, 1.54) is 0 Å². The molecule has 2 N–H and O–H groups in total. The SMILES string of the molecule is CC(CO)N(C)C(=O)Cc1c[nH]c2ccccc12. The molecule has 1 aromatic heterocycles. The van der Waals surface area contributed by atoms with E-state index in [0.717, 1.165) is 16.5 Å².